The normalized spacial score (nSPS) is 20.5. The van der Waals surface area contributed by atoms with Gasteiger partial charge in [0, 0.05) is 38.4 Å². The van der Waals surface area contributed by atoms with Gasteiger partial charge in [0.2, 0.25) is 5.91 Å². The quantitative estimate of drug-likeness (QED) is 0.848. The molecular weight excluding hydrogens is 326 g/mol. The Morgan fingerprint density at radius 1 is 1.19 bits per heavy atom. The van der Waals surface area contributed by atoms with Crippen LogP contribution in [-0.4, -0.2) is 40.3 Å². The number of ether oxygens (including phenoxy) is 1. The first-order valence-electron chi connectivity index (χ1n) is 9.67. The first-order chi connectivity index (χ1) is 12.7. The highest BCUT2D eigenvalue weighted by Gasteiger charge is 2.28. The first-order valence-corrected chi connectivity index (χ1v) is 9.67. The molecule has 3 heterocycles. The lowest BCUT2D eigenvalue weighted by molar-refractivity contribution is -0.133. The molecule has 0 bridgehead atoms. The predicted molar refractivity (Wildman–Crippen MR) is 100 cm³/mol. The Morgan fingerprint density at radius 2 is 2.00 bits per heavy atom. The maximum Gasteiger partial charge on any atom is 0.223 e. The molecule has 1 aromatic carbocycles. The van der Waals surface area contributed by atoms with Gasteiger partial charge < -0.3 is 9.64 Å². The van der Waals surface area contributed by atoms with Gasteiger partial charge in [-0.1, -0.05) is 18.2 Å². The molecule has 0 spiro atoms. The summed E-state index contributed by atoms with van der Waals surface area (Å²) in [6, 6.07) is 10.2. The van der Waals surface area contributed by atoms with Gasteiger partial charge in [-0.05, 0) is 55.2 Å². The maximum absolute atomic E-state index is 12.8. The lowest BCUT2D eigenvalue weighted by Crippen LogP contribution is -2.39. The third-order valence-electron chi connectivity index (χ3n) is 5.89. The smallest absolute Gasteiger partial charge is 0.223 e. The summed E-state index contributed by atoms with van der Waals surface area (Å²) >= 11 is 0. The van der Waals surface area contributed by atoms with Crippen LogP contribution in [0.25, 0.3) is 0 Å². The minimum absolute atomic E-state index is 0.291. The number of hydrogen-bond donors (Lipinski definition) is 0. The van der Waals surface area contributed by atoms with Gasteiger partial charge in [-0.3, -0.25) is 9.48 Å². The number of rotatable bonds is 4. The number of aryl methyl sites for hydroxylation is 1. The van der Waals surface area contributed by atoms with Crippen molar-refractivity contribution in [1.82, 2.24) is 14.7 Å². The van der Waals surface area contributed by atoms with Crippen LogP contribution in [0.4, 0.5) is 0 Å². The number of benzene rings is 1. The van der Waals surface area contributed by atoms with Crippen molar-refractivity contribution < 1.29 is 9.53 Å². The summed E-state index contributed by atoms with van der Waals surface area (Å²) in [6.07, 6.45) is 6.63. The van der Waals surface area contributed by atoms with Crippen molar-refractivity contribution in [3.05, 3.63) is 47.8 Å². The SMILES string of the molecule is Cn1nccc1CC1CCN(C(=O)CC2CCOc3ccccc32)CC1. The summed E-state index contributed by atoms with van der Waals surface area (Å²) in [7, 11) is 2.00. The molecule has 1 saturated heterocycles. The molecule has 0 N–H and O–H groups in total. The molecule has 1 atom stereocenters. The Hall–Kier alpha value is -2.30. The number of carbonyl (C=O) groups excluding carboxylic acids is 1. The molecule has 2 aromatic rings. The van der Waals surface area contributed by atoms with E-state index in [4.69, 9.17) is 4.74 Å². The third kappa shape index (κ3) is 3.62. The van der Waals surface area contributed by atoms with Gasteiger partial charge in [0.25, 0.3) is 0 Å². The second-order valence-electron chi connectivity index (χ2n) is 7.55. The van der Waals surface area contributed by atoms with E-state index < -0.39 is 0 Å². The third-order valence-corrected chi connectivity index (χ3v) is 5.89. The molecule has 2 aliphatic rings. The van der Waals surface area contributed by atoms with Crippen LogP contribution >= 0.6 is 0 Å². The van der Waals surface area contributed by atoms with Crippen LogP contribution in [-0.2, 0) is 18.3 Å². The number of piperidine rings is 1. The van der Waals surface area contributed by atoms with Crippen molar-refractivity contribution in [2.75, 3.05) is 19.7 Å². The molecule has 0 aliphatic carbocycles. The minimum atomic E-state index is 0.291. The van der Waals surface area contributed by atoms with Gasteiger partial charge in [-0.2, -0.15) is 5.10 Å². The summed E-state index contributed by atoms with van der Waals surface area (Å²) in [5.41, 5.74) is 2.48. The van der Waals surface area contributed by atoms with E-state index in [0.29, 0.717) is 30.8 Å². The van der Waals surface area contributed by atoms with Crippen LogP contribution in [0.2, 0.25) is 0 Å². The van der Waals surface area contributed by atoms with Crippen molar-refractivity contribution in [3.63, 3.8) is 0 Å². The zero-order valence-corrected chi connectivity index (χ0v) is 15.4. The second-order valence-corrected chi connectivity index (χ2v) is 7.55. The fourth-order valence-electron chi connectivity index (χ4n) is 4.25. The lowest BCUT2D eigenvalue weighted by Gasteiger charge is -2.34. The lowest BCUT2D eigenvalue weighted by atomic mass is 9.88. The van der Waals surface area contributed by atoms with E-state index in [0.717, 1.165) is 44.5 Å². The number of fused-ring (bicyclic) bond motifs is 1. The number of para-hydroxylation sites is 1. The van der Waals surface area contributed by atoms with Crippen LogP contribution in [0.15, 0.2) is 36.5 Å². The van der Waals surface area contributed by atoms with E-state index in [-0.39, 0.29) is 0 Å². The molecule has 2 aliphatic heterocycles. The fraction of sp³-hybridized carbons (Fsp3) is 0.524. The van der Waals surface area contributed by atoms with Crippen molar-refractivity contribution in [2.45, 2.75) is 38.0 Å². The molecule has 5 heteroatoms. The van der Waals surface area contributed by atoms with Crippen molar-refractivity contribution in [3.8, 4) is 5.75 Å². The number of hydrogen-bond acceptors (Lipinski definition) is 3. The highest BCUT2D eigenvalue weighted by atomic mass is 16.5. The van der Waals surface area contributed by atoms with Gasteiger partial charge in [-0.25, -0.2) is 0 Å². The van der Waals surface area contributed by atoms with Gasteiger partial charge in [0.1, 0.15) is 5.75 Å². The summed E-state index contributed by atoms with van der Waals surface area (Å²) in [5.74, 6) is 2.19. The van der Waals surface area contributed by atoms with Gasteiger partial charge in [0.15, 0.2) is 0 Å². The van der Waals surface area contributed by atoms with Crippen LogP contribution in [0.1, 0.15) is 42.9 Å². The van der Waals surface area contributed by atoms with Crippen molar-refractivity contribution in [1.29, 1.82) is 0 Å². The average molecular weight is 353 g/mol. The monoisotopic (exact) mass is 353 g/mol. The number of carbonyl (C=O) groups is 1. The highest BCUT2D eigenvalue weighted by molar-refractivity contribution is 5.77. The van der Waals surface area contributed by atoms with Crippen LogP contribution < -0.4 is 4.74 Å². The molecule has 1 fully saturated rings. The van der Waals surface area contributed by atoms with E-state index in [1.165, 1.54) is 11.3 Å². The molecule has 5 nitrogen and oxygen atoms in total. The number of amides is 1. The van der Waals surface area contributed by atoms with Crippen LogP contribution in [0, 0.1) is 5.92 Å². The maximum atomic E-state index is 12.8. The second kappa shape index (κ2) is 7.52. The molecule has 138 valence electrons. The first kappa shape index (κ1) is 17.1. The Morgan fingerprint density at radius 3 is 2.77 bits per heavy atom. The van der Waals surface area contributed by atoms with E-state index in [2.05, 4.69) is 22.1 Å². The topological polar surface area (TPSA) is 47.4 Å². The number of nitrogens with zero attached hydrogens (tertiary/aromatic N) is 3. The largest absolute Gasteiger partial charge is 0.493 e. The molecule has 1 unspecified atom stereocenters. The van der Waals surface area contributed by atoms with Crippen LogP contribution in [0.3, 0.4) is 0 Å². The van der Waals surface area contributed by atoms with Crippen molar-refractivity contribution >= 4 is 5.91 Å². The Balaban J connectivity index is 1.31. The molecule has 0 radical (unpaired) electrons. The molecule has 1 aromatic heterocycles. The standard InChI is InChI=1S/C21H27N3O2/c1-23-18(6-10-22-23)14-16-7-11-24(12-8-16)21(25)15-17-9-13-26-20-5-3-2-4-19(17)20/h2-6,10,16-17H,7-9,11-15H2,1H3. The van der Waals surface area contributed by atoms with E-state index in [9.17, 15) is 4.79 Å². The van der Waals surface area contributed by atoms with Gasteiger partial charge >= 0.3 is 0 Å². The molecule has 1 amide bonds. The predicted octanol–water partition coefficient (Wildman–Crippen LogP) is 3.16. The average Bonchev–Trinajstić information content (AvgIpc) is 3.07. The van der Waals surface area contributed by atoms with E-state index in [1.807, 2.05) is 36.1 Å². The summed E-state index contributed by atoms with van der Waals surface area (Å²) in [6.45, 7) is 2.47. The van der Waals surface area contributed by atoms with Crippen molar-refractivity contribution in [2.24, 2.45) is 13.0 Å². The summed E-state index contributed by atoms with van der Waals surface area (Å²) in [5, 5.41) is 4.25. The Bertz CT molecular complexity index is 762. The number of likely N-dealkylation sites (tertiary alicyclic amines) is 1. The van der Waals surface area contributed by atoms with E-state index >= 15 is 0 Å². The molecular formula is C21H27N3O2. The molecule has 0 saturated carbocycles. The van der Waals surface area contributed by atoms with Crippen LogP contribution in [0.5, 0.6) is 5.75 Å². The zero-order chi connectivity index (χ0) is 17.9. The molecule has 26 heavy (non-hydrogen) atoms. The molecule has 4 rings (SSSR count). The zero-order valence-electron chi connectivity index (χ0n) is 15.4. The van der Waals surface area contributed by atoms with E-state index in [1.54, 1.807) is 0 Å². The minimum Gasteiger partial charge on any atom is -0.493 e. The van der Waals surface area contributed by atoms with Gasteiger partial charge in [0.05, 0.1) is 6.61 Å². The van der Waals surface area contributed by atoms with Gasteiger partial charge in [-0.15, -0.1) is 0 Å². The number of aromatic nitrogens is 2. The fourth-order valence-corrected chi connectivity index (χ4v) is 4.25. The Labute approximate surface area is 154 Å². The highest BCUT2D eigenvalue weighted by Crippen LogP contribution is 2.36. The summed E-state index contributed by atoms with van der Waals surface area (Å²) in [4.78, 5) is 14.9. The summed E-state index contributed by atoms with van der Waals surface area (Å²) < 4.78 is 7.68. The Kier molecular flexibility index (Phi) is 4.96.